The molecular formula is C20H19N3O4S. The zero-order valence-corrected chi connectivity index (χ0v) is 16.1. The van der Waals surface area contributed by atoms with E-state index >= 15 is 0 Å². The van der Waals surface area contributed by atoms with E-state index in [0.717, 1.165) is 17.1 Å². The Morgan fingerprint density at radius 1 is 1.07 bits per heavy atom. The quantitative estimate of drug-likeness (QED) is 0.464. The summed E-state index contributed by atoms with van der Waals surface area (Å²) in [5.74, 6) is -0.190. The van der Waals surface area contributed by atoms with E-state index in [1.165, 1.54) is 7.11 Å². The molecular weight excluding hydrogens is 378 g/mol. The highest BCUT2D eigenvalue weighted by atomic mass is 32.1. The molecule has 0 atom stereocenters. The third-order valence-corrected chi connectivity index (χ3v) is 4.62. The van der Waals surface area contributed by atoms with E-state index in [1.54, 1.807) is 24.3 Å². The van der Waals surface area contributed by atoms with Gasteiger partial charge in [0.1, 0.15) is 11.4 Å². The summed E-state index contributed by atoms with van der Waals surface area (Å²) in [5, 5.41) is 6.81. The van der Waals surface area contributed by atoms with Crippen LogP contribution in [0.25, 0.3) is 11.3 Å². The second-order valence-electron chi connectivity index (χ2n) is 5.76. The molecule has 0 aliphatic carbocycles. The molecule has 7 nitrogen and oxygen atoms in total. The number of nitrogens with zero attached hydrogens (tertiary/aromatic N) is 2. The summed E-state index contributed by atoms with van der Waals surface area (Å²) in [6, 6.07) is 16.3. The molecule has 1 N–H and O–H groups in total. The molecule has 3 rings (SSSR count). The fourth-order valence-corrected chi connectivity index (χ4v) is 3.12. The number of nitrogens with one attached hydrogen (secondary N) is 1. The van der Waals surface area contributed by atoms with Gasteiger partial charge in [0.25, 0.3) is 5.91 Å². The average Bonchev–Trinajstić information content (AvgIpc) is 3.24. The van der Waals surface area contributed by atoms with Crippen LogP contribution in [0.5, 0.6) is 5.75 Å². The van der Waals surface area contributed by atoms with E-state index in [-0.39, 0.29) is 12.5 Å². The Labute approximate surface area is 166 Å². The van der Waals surface area contributed by atoms with Crippen LogP contribution in [0.15, 0.2) is 54.6 Å². The van der Waals surface area contributed by atoms with Crippen molar-refractivity contribution in [3.05, 3.63) is 65.0 Å². The van der Waals surface area contributed by atoms with Crippen LogP contribution in [-0.4, -0.2) is 41.7 Å². The lowest BCUT2D eigenvalue weighted by atomic mass is 10.1. The number of para-hydroxylation sites is 1. The van der Waals surface area contributed by atoms with Gasteiger partial charge in [-0.3, -0.25) is 4.79 Å². The standard InChI is InChI=1S/C20H19N3O4S/c1-26-16-11-6-5-10-15(16)19(24)21-12-7-13-27-20(25)18-17(22-23-28-18)14-8-3-2-4-9-14/h2-6,8-11H,7,12-13H2,1H3,(H,21,24). The van der Waals surface area contributed by atoms with Crippen LogP contribution in [0.4, 0.5) is 0 Å². The molecule has 28 heavy (non-hydrogen) atoms. The molecule has 0 unspecified atom stereocenters. The van der Waals surface area contributed by atoms with Gasteiger partial charge in [0.05, 0.1) is 19.3 Å². The number of ether oxygens (including phenoxy) is 2. The molecule has 0 aliphatic heterocycles. The van der Waals surface area contributed by atoms with E-state index in [9.17, 15) is 9.59 Å². The van der Waals surface area contributed by atoms with Gasteiger partial charge in [-0.25, -0.2) is 4.79 Å². The second kappa shape index (κ2) is 9.61. The first-order valence-electron chi connectivity index (χ1n) is 8.67. The van der Waals surface area contributed by atoms with Gasteiger partial charge in [0, 0.05) is 12.1 Å². The number of hydrogen-bond acceptors (Lipinski definition) is 7. The van der Waals surface area contributed by atoms with Gasteiger partial charge in [-0.1, -0.05) is 47.0 Å². The Kier molecular flexibility index (Phi) is 6.69. The van der Waals surface area contributed by atoms with Gasteiger partial charge in [-0.15, -0.1) is 5.10 Å². The topological polar surface area (TPSA) is 90.4 Å². The maximum absolute atomic E-state index is 12.3. The van der Waals surface area contributed by atoms with Crippen LogP contribution in [-0.2, 0) is 4.74 Å². The second-order valence-corrected chi connectivity index (χ2v) is 6.52. The number of methoxy groups -OCH3 is 1. The van der Waals surface area contributed by atoms with Gasteiger partial charge >= 0.3 is 5.97 Å². The van der Waals surface area contributed by atoms with Crippen molar-refractivity contribution in [1.82, 2.24) is 14.9 Å². The highest BCUT2D eigenvalue weighted by Crippen LogP contribution is 2.24. The van der Waals surface area contributed by atoms with Gasteiger partial charge in [0.2, 0.25) is 0 Å². The third kappa shape index (κ3) is 4.72. The van der Waals surface area contributed by atoms with Crippen molar-refractivity contribution >= 4 is 23.4 Å². The van der Waals surface area contributed by atoms with Crippen LogP contribution < -0.4 is 10.1 Å². The lowest BCUT2D eigenvalue weighted by Gasteiger charge is -2.09. The van der Waals surface area contributed by atoms with Crippen molar-refractivity contribution in [2.24, 2.45) is 0 Å². The average molecular weight is 397 g/mol. The molecule has 1 amide bonds. The maximum atomic E-state index is 12.3. The normalized spacial score (nSPS) is 10.3. The molecule has 3 aromatic rings. The largest absolute Gasteiger partial charge is 0.496 e. The van der Waals surface area contributed by atoms with Crippen molar-refractivity contribution in [3.63, 3.8) is 0 Å². The Hall–Kier alpha value is -3.26. The number of esters is 1. The first-order valence-corrected chi connectivity index (χ1v) is 9.44. The number of carbonyl (C=O) groups excluding carboxylic acids is 2. The highest BCUT2D eigenvalue weighted by molar-refractivity contribution is 7.08. The number of hydrogen-bond donors (Lipinski definition) is 1. The minimum Gasteiger partial charge on any atom is -0.496 e. The molecule has 1 heterocycles. The monoisotopic (exact) mass is 397 g/mol. The van der Waals surface area contributed by atoms with E-state index in [1.807, 2.05) is 30.3 Å². The fraction of sp³-hybridized carbons (Fsp3) is 0.200. The number of aromatic nitrogens is 2. The molecule has 0 saturated carbocycles. The first-order chi connectivity index (χ1) is 13.7. The number of rotatable bonds is 8. The minimum atomic E-state index is -0.468. The SMILES string of the molecule is COc1ccccc1C(=O)NCCCOC(=O)c1snnc1-c1ccccc1. The molecule has 0 saturated heterocycles. The molecule has 2 aromatic carbocycles. The zero-order valence-electron chi connectivity index (χ0n) is 15.3. The maximum Gasteiger partial charge on any atom is 0.352 e. The number of amides is 1. The lowest BCUT2D eigenvalue weighted by Crippen LogP contribution is -2.26. The van der Waals surface area contributed by atoms with Gasteiger partial charge in [-0.05, 0) is 30.1 Å². The van der Waals surface area contributed by atoms with Crippen molar-refractivity contribution < 1.29 is 19.1 Å². The predicted octanol–water partition coefficient (Wildman–Crippen LogP) is 3.19. The van der Waals surface area contributed by atoms with Crippen LogP contribution in [0.3, 0.4) is 0 Å². The summed E-state index contributed by atoms with van der Waals surface area (Å²) in [6.07, 6.45) is 0.486. The molecule has 0 bridgehead atoms. The number of benzene rings is 2. The fourth-order valence-electron chi connectivity index (χ4n) is 2.54. The first kappa shape index (κ1) is 19.5. The van der Waals surface area contributed by atoms with Gasteiger partial charge in [0.15, 0.2) is 4.88 Å². The summed E-state index contributed by atoms with van der Waals surface area (Å²) >= 11 is 1.00. The third-order valence-electron chi connectivity index (χ3n) is 3.91. The van der Waals surface area contributed by atoms with E-state index in [0.29, 0.717) is 34.8 Å². The summed E-state index contributed by atoms with van der Waals surface area (Å²) in [5.41, 5.74) is 1.79. The van der Waals surface area contributed by atoms with Crippen LogP contribution in [0.2, 0.25) is 0 Å². The zero-order chi connectivity index (χ0) is 19.8. The van der Waals surface area contributed by atoms with Gasteiger partial charge < -0.3 is 14.8 Å². The Morgan fingerprint density at radius 2 is 1.82 bits per heavy atom. The van der Waals surface area contributed by atoms with Crippen molar-refractivity contribution in [3.8, 4) is 17.0 Å². The van der Waals surface area contributed by atoms with Crippen molar-refractivity contribution in [1.29, 1.82) is 0 Å². The molecule has 0 fully saturated rings. The summed E-state index contributed by atoms with van der Waals surface area (Å²) in [7, 11) is 1.52. The van der Waals surface area contributed by atoms with Gasteiger partial charge in [-0.2, -0.15) is 0 Å². The predicted molar refractivity (Wildman–Crippen MR) is 106 cm³/mol. The summed E-state index contributed by atoms with van der Waals surface area (Å²) < 4.78 is 14.3. The molecule has 144 valence electrons. The van der Waals surface area contributed by atoms with E-state index < -0.39 is 5.97 Å². The van der Waals surface area contributed by atoms with Crippen LogP contribution in [0, 0.1) is 0 Å². The molecule has 0 spiro atoms. The Morgan fingerprint density at radius 3 is 2.61 bits per heavy atom. The van der Waals surface area contributed by atoms with Crippen LogP contribution in [0.1, 0.15) is 26.5 Å². The van der Waals surface area contributed by atoms with Crippen LogP contribution >= 0.6 is 11.5 Å². The lowest BCUT2D eigenvalue weighted by molar-refractivity contribution is 0.0507. The summed E-state index contributed by atoms with van der Waals surface area (Å²) in [6.45, 7) is 0.549. The minimum absolute atomic E-state index is 0.178. The van der Waals surface area contributed by atoms with E-state index in [4.69, 9.17) is 9.47 Å². The molecule has 1 aromatic heterocycles. The highest BCUT2D eigenvalue weighted by Gasteiger charge is 2.19. The Bertz CT molecular complexity index is 943. The molecule has 0 radical (unpaired) electrons. The van der Waals surface area contributed by atoms with Crippen molar-refractivity contribution in [2.75, 3.05) is 20.3 Å². The number of carbonyl (C=O) groups is 2. The van der Waals surface area contributed by atoms with Crippen molar-refractivity contribution in [2.45, 2.75) is 6.42 Å². The molecule has 8 heteroatoms. The van der Waals surface area contributed by atoms with E-state index in [2.05, 4.69) is 14.9 Å². The summed E-state index contributed by atoms with van der Waals surface area (Å²) in [4.78, 5) is 24.9. The smallest absolute Gasteiger partial charge is 0.352 e. The molecule has 0 aliphatic rings. The Balaban J connectivity index is 1.47.